The lowest BCUT2D eigenvalue weighted by Crippen LogP contribution is -2.40. The summed E-state index contributed by atoms with van der Waals surface area (Å²) < 4.78 is 1.60. The van der Waals surface area contributed by atoms with E-state index in [1.165, 1.54) is 0 Å². The Kier molecular flexibility index (Phi) is 4.23. The van der Waals surface area contributed by atoms with Gasteiger partial charge in [0, 0.05) is 11.6 Å². The minimum atomic E-state index is -1.13. The number of nitrogens with one attached hydrogen (secondary N) is 1. The van der Waals surface area contributed by atoms with Crippen LogP contribution in [0.4, 0.5) is 4.79 Å². The average Bonchev–Trinajstić information content (AvgIpc) is 3.07. The zero-order chi connectivity index (χ0) is 17.3. The number of urea groups is 1. The number of halogens is 1. The molecule has 0 aliphatic carbocycles. The Bertz CT molecular complexity index is 775. The zero-order valence-corrected chi connectivity index (χ0v) is 14.1. The summed E-state index contributed by atoms with van der Waals surface area (Å²) in [5.74, 6) is 0.126. The van der Waals surface area contributed by atoms with Crippen molar-refractivity contribution in [2.45, 2.75) is 38.9 Å². The number of rotatable bonds is 5. The van der Waals surface area contributed by atoms with E-state index in [0.29, 0.717) is 23.0 Å². The van der Waals surface area contributed by atoms with Crippen molar-refractivity contribution < 1.29 is 9.59 Å². The second-order valence-corrected chi connectivity index (χ2v) is 6.21. The summed E-state index contributed by atoms with van der Waals surface area (Å²) in [6.45, 7) is 4.32. The molecule has 126 valence electrons. The van der Waals surface area contributed by atoms with Crippen LogP contribution in [0.1, 0.15) is 31.7 Å². The molecule has 0 unspecified atom stereocenters. The molecule has 0 spiro atoms. The average molecular weight is 349 g/mol. The Morgan fingerprint density at radius 2 is 1.96 bits per heavy atom. The van der Waals surface area contributed by atoms with Gasteiger partial charge in [0.15, 0.2) is 5.82 Å². The standard InChI is InChI=1S/C15H17ClN6O2/c1-3-8-22-12(18-19-20-22)9-21-13(23)15(2,17-14(21)24)10-4-6-11(16)7-5-10/h4-7H,3,8-9H2,1-2H3,(H,17,24)/t15-/m0/s1. The maximum Gasteiger partial charge on any atom is 0.325 e. The number of nitrogens with zero attached hydrogens (tertiary/aromatic N) is 5. The van der Waals surface area contributed by atoms with Crippen molar-refractivity contribution in [2.24, 2.45) is 0 Å². The van der Waals surface area contributed by atoms with Crippen LogP contribution in [0.3, 0.4) is 0 Å². The smallest absolute Gasteiger partial charge is 0.319 e. The van der Waals surface area contributed by atoms with E-state index in [9.17, 15) is 9.59 Å². The van der Waals surface area contributed by atoms with Crippen molar-refractivity contribution in [1.29, 1.82) is 0 Å². The lowest BCUT2D eigenvalue weighted by molar-refractivity contribution is -0.131. The highest BCUT2D eigenvalue weighted by molar-refractivity contribution is 6.30. The van der Waals surface area contributed by atoms with E-state index in [0.717, 1.165) is 11.3 Å². The minimum absolute atomic E-state index is 0.0286. The van der Waals surface area contributed by atoms with Crippen molar-refractivity contribution in [3.05, 3.63) is 40.7 Å². The number of carbonyl (C=O) groups is 2. The van der Waals surface area contributed by atoms with Crippen molar-refractivity contribution in [1.82, 2.24) is 30.4 Å². The van der Waals surface area contributed by atoms with Gasteiger partial charge >= 0.3 is 6.03 Å². The van der Waals surface area contributed by atoms with Gasteiger partial charge in [0.2, 0.25) is 0 Å². The molecule has 1 N–H and O–H groups in total. The summed E-state index contributed by atoms with van der Waals surface area (Å²) in [5.41, 5.74) is -0.467. The maximum atomic E-state index is 12.9. The van der Waals surface area contributed by atoms with Crippen LogP contribution in [0, 0.1) is 0 Å². The Morgan fingerprint density at radius 1 is 1.25 bits per heavy atom. The van der Waals surface area contributed by atoms with Gasteiger partial charge in [-0.05, 0) is 41.5 Å². The first-order valence-corrected chi connectivity index (χ1v) is 7.98. The zero-order valence-electron chi connectivity index (χ0n) is 13.4. The highest BCUT2D eigenvalue weighted by Crippen LogP contribution is 2.30. The predicted molar refractivity (Wildman–Crippen MR) is 86.0 cm³/mol. The molecule has 2 heterocycles. The Balaban J connectivity index is 1.86. The molecule has 1 atom stereocenters. The number of benzene rings is 1. The van der Waals surface area contributed by atoms with Crippen LogP contribution in [0.25, 0.3) is 0 Å². The van der Waals surface area contributed by atoms with Crippen molar-refractivity contribution in [3.8, 4) is 0 Å². The molecule has 0 bridgehead atoms. The molecule has 9 heteroatoms. The van der Waals surface area contributed by atoms with Crippen molar-refractivity contribution in [2.75, 3.05) is 0 Å². The minimum Gasteiger partial charge on any atom is -0.319 e. The number of hydrogen-bond acceptors (Lipinski definition) is 5. The van der Waals surface area contributed by atoms with Gasteiger partial charge in [-0.3, -0.25) is 9.69 Å². The van der Waals surface area contributed by atoms with Crippen LogP contribution in [-0.4, -0.2) is 37.0 Å². The SMILES string of the molecule is CCCn1nnnc1CN1C(=O)N[C@@](C)(c2ccc(Cl)cc2)C1=O. The molecular formula is C15H17ClN6O2. The van der Waals surface area contributed by atoms with Crippen molar-refractivity contribution in [3.63, 3.8) is 0 Å². The van der Waals surface area contributed by atoms with E-state index in [2.05, 4.69) is 20.8 Å². The first kappa shape index (κ1) is 16.4. The molecule has 1 aliphatic rings. The third-order valence-corrected chi connectivity index (χ3v) is 4.29. The second-order valence-electron chi connectivity index (χ2n) is 5.77. The molecule has 8 nitrogen and oxygen atoms in total. The van der Waals surface area contributed by atoms with Crippen LogP contribution in [0.2, 0.25) is 5.02 Å². The number of carbonyl (C=O) groups excluding carboxylic acids is 2. The molecule has 1 aliphatic heterocycles. The van der Waals surface area contributed by atoms with Crippen molar-refractivity contribution >= 4 is 23.5 Å². The number of tetrazole rings is 1. The van der Waals surface area contributed by atoms with Gasteiger partial charge in [-0.1, -0.05) is 30.7 Å². The summed E-state index contributed by atoms with van der Waals surface area (Å²) in [7, 11) is 0. The fourth-order valence-corrected chi connectivity index (χ4v) is 2.81. The molecule has 3 rings (SSSR count). The topological polar surface area (TPSA) is 93.0 Å². The summed E-state index contributed by atoms with van der Waals surface area (Å²) in [6.07, 6.45) is 0.848. The van der Waals surface area contributed by atoms with Crippen LogP contribution in [-0.2, 0) is 23.4 Å². The molecule has 1 saturated heterocycles. The van der Waals surface area contributed by atoms with E-state index < -0.39 is 11.6 Å². The summed E-state index contributed by atoms with van der Waals surface area (Å²) in [5, 5.41) is 14.7. The van der Waals surface area contributed by atoms with Gasteiger partial charge in [-0.25, -0.2) is 9.48 Å². The lowest BCUT2D eigenvalue weighted by Gasteiger charge is -2.22. The van der Waals surface area contributed by atoms with Crippen LogP contribution >= 0.6 is 11.6 Å². The summed E-state index contributed by atoms with van der Waals surface area (Å²) in [6, 6.07) is 6.36. The van der Waals surface area contributed by atoms with Gasteiger partial charge in [0.05, 0.1) is 6.54 Å². The summed E-state index contributed by atoms with van der Waals surface area (Å²) >= 11 is 5.89. The first-order chi connectivity index (χ1) is 11.5. The maximum absolute atomic E-state index is 12.9. The third kappa shape index (κ3) is 2.73. The van der Waals surface area contributed by atoms with Gasteiger partial charge in [-0.2, -0.15) is 0 Å². The van der Waals surface area contributed by atoms with E-state index in [1.54, 1.807) is 35.9 Å². The molecule has 24 heavy (non-hydrogen) atoms. The van der Waals surface area contributed by atoms with Gasteiger partial charge < -0.3 is 5.32 Å². The number of aromatic nitrogens is 4. The van der Waals surface area contributed by atoms with Crippen LogP contribution < -0.4 is 5.32 Å². The number of imide groups is 1. The number of amides is 3. The third-order valence-electron chi connectivity index (χ3n) is 4.04. The molecular weight excluding hydrogens is 332 g/mol. The normalized spacial score (nSPS) is 20.5. The highest BCUT2D eigenvalue weighted by atomic mass is 35.5. The predicted octanol–water partition coefficient (Wildman–Crippen LogP) is 1.70. The van der Waals surface area contributed by atoms with Gasteiger partial charge in [-0.15, -0.1) is 5.10 Å². The Hall–Kier alpha value is -2.48. The highest BCUT2D eigenvalue weighted by Gasteiger charge is 2.49. The molecule has 1 fully saturated rings. The molecule has 1 aromatic heterocycles. The first-order valence-electron chi connectivity index (χ1n) is 7.61. The van der Waals surface area contributed by atoms with Crippen LogP contribution in [0.5, 0.6) is 0 Å². The molecule has 0 saturated carbocycles. The molecule has 0 radical (unpaired) electrons. The fourth-order valence-electron chi connectivity index (χ4n) is 2.68. The quantitative estimate of drug-likeness (QED) is 0.830. The van der Waals surface area contributed by atoms with Crippen LogP contribution in [0.15, 0.2) is 24.3 Å². The number of aryl methyl sites for hydroxylation is 1. The largest absolute Gasteiger partial charge is 0.325 e. The lowest BCUT2D eigenvalue weighted by atomic mass is 9.92. The van der Waals surface area contributed by atoms with E-state index in [-0.39, 0.29) is 12.5 Å². The van der Waals surface area contributed by atoms with Gasteiger partial charge in [0.1, 0.15) is 5.54 Å². The monoisotopic (exact) mass is 348 g/mol. The van der Waals surface area contributed by atoms with E-state index >= 15 is 0 Å². The Labute approximate surface area is 143 Å². The Morgan fingerprint density at radius 3 is 2.62 bits per heavy atom. The molecule has 1 aromatic carbocycles. The van der Waals surface area contributed by atoms with E-state index in [1.807, 2.05) is 6.92 Å². The summed E-state index contributed by atoms with van der Waals surface area (Å²) in [4.78, 5) is 26.3. The fraction of sp³-hybridized carbons (Fsp3) is 0.400. The second kappa shape index (κ2) is 6.20. The number of hydrogen-bond donors (Lipinski definition) is 1. The molecule has 2 aromatic rings. The molecule has 3 amide bonds. The van der Waals surface area contributed by atoms with E-state index in [4.69, 9.17) is 11.6 Å². The van der Waals surface area contributed by atoms with Gasteiger partial charge in [0.25, 0.3) is 5.91 Å².